The van der Waals surface area contributed by atoms with Crippen molar-refractivity contribution in [3.8, 4) is 66.8 Å². The minimum Gasteiger partial charge on any atom is -0.451 e. The van der Waals surface area contributed by atoms with Crippen LogP contribution in [-0.2, 0) is 0 Å². The van der Waals surface area contributed by atoms with Crippen LogP contribution < -0.4 is 0 Å². The highest BCUT2D eigenvalue weighted by Gasteiger charge is 2.25. The fourth-order valence-electron chi connectivity index (χ4n) is 10.8. The van der Waals surface area contributed by atoms with Gasteiger partial charge in [-0.1, -0.05) is 158 Å². The molecule has 0 unspecified atom stereocenters. The third-order valence-electron chi connectivity index (χ3n) is 14.1. The average Bonchev–Trinajstić information content (AvgIpc) is 3.46. The second kappa shape index (κ2) is 16.3. The van der Waals surface area contributed by atoms with E-state index in [2.05, 4.69) is 251 Å². The lowest BCUT2D eigenvalue weighted by Gasteiger charge is -2.20. The maximum Gasteiger partial charge on any atom is 0.172 e. The summed E-state index contributed by atoms with van der Waals surface area (Å²) in [5.41, 5.74) is 23.2. The summed E-state index contributed by atoms with van der Waals surface area (Å²) in [6.07, 6.45) is 0. The van der Waals surface area contributed by atoms with Gasteiger partial charge in [0, 0.05) is 0 Å². The smallest absolute Gasteiger partial charge is 0.172 e. The van der Waals surface area contributed by atoms with E-state index >= 15 is 0 Å². The Morgan fingerprint density at radius 3 is 0.903 bits per heavy atom. The van der Waals surface area contributed by atoms with Crippen molar-refractivity contribution in [2.45, 2.75) is 0 Å². The van der Waals surface area contributed by atoms with E-state index in [0.29, 0.717) is 0 Å². The maximum absolute atomic E-state index is 7.42. The number of para-hydroxylation sites is 2. The molecule has 0 fully saturated rings. The van der Waals surface area contributed by atoms with Gasteiger partial charge in [-0.25, -0.2) is 0 Å². The number of fused-ring (bicyclic) bond motifs is 10. The Hall–Kier alpha value is -8.94. The summed E-state index contributed by atoms with van der Waals surface area (Å²) >= 11 is 3.51. The number of hydrogen-bond acceptors (Lipinski definition) is 4. The minimum atomic E-state index is 0.801. The Balaban J connectivity index is 1.01. The number of hydrogen-bond donors (Lipinski definition) is 0. The van der Waals surface area contributed by atoms with Crippen molar-refractivity contribution in [2.24, 2.45) is 0 Å². The molecular weight excluding hydrogens is 917 g/mol. The van der Waals surface area contributed by atoms with Gasteiger partial charge in [-0.2, -0.15) is 0 Å². The fraction of sp³-hybridized carbons (Fsp3) is 0. The van der Waals surface area contributed by atoms with Crippen molar-refractivity contribution < 1.29 is 8.83 Å². The van der Waals surface area contributed by atoms with E-state index in [1.54, 1.807) is 22.7 Å². The zero-order valence-corrected chi connectivity index (χ0v) is 40.3. The topological polar surface area (TPSA) is 35.1 Å². The largest absolute Gasteiger partial charge is 0.451 e. The normalized spacial score (nSPS) is 11.9. The van der Waals surface area contributed by atoms with Crippen molar-refractivity contribution in [2.75, 3.05) is 0 Å². The standard InChI is InChI=1S/C66H40N2O2S2/c1-5-17-41(18-6-1)47-33-48(42-19-7-2-8-20-42)36-51(35-47)45-29-31-53-57(39-45)69-63-61-66(72-59-27-15-13-25-55(59)67(53)61)64-62-65(63)71-60-28-16-14-26-56(60)68(62)54-32-30-46(40-58(54)70-64)52-37-49(43-21-9-3-10-22-43)34-50(38-52)44-23-11-4-12-24-44/h1-40H. The summed E-state index contributed by atoms with van der Waals surface area (Å²) in [6.45, 7) is 0. The summed E-state index contributed by atoms with van der Waals surface area (Å²) in [7, 11) is 0. The molecule has 0 aliphatic carbocycles. The van der Waals surface area contributed by atoms with Gasteiger partial charge in [0.1, 0.15) is 20.4 Å². The second-order valence-electron chi connectivity index (χ2n) is 18.5. The van der Waals surface area contributed by atoms with E-state index < -0.39 is 0 Å². The fourth-order valence-corrected chi connectivity index (χ4v) is 13.0. The van der Waals surface area contributed by atoms with Crippen LogP contribution in [0, 0.1) is 0 Å². The van der Waals surface area contributed by atoms with E-state index in [4.69, 9.17) is 8.83 Å². The van der Waals surface area contributed by atoms with Crippen LogP contribution in [0.2, 0.25) is 0 Å². The molecule has 0 N–H and O–H groups in total. The van der Waals surface area contributed by atoms with E-state index in [0.717, 1.165) is 96.5 Å². The van der Waals surface area contributed by atoms with Crippen molar-refractivity contribution in [3.05, 3.63) is 243 Å². The van der Waals surface area contributed by atoms with Crippen LogP contribution in [0.5, 0.6) is 0 Å². The van der Waals surface area contributed by atoms with E-state index in [-0.39, 0.29) is 0 Å². The van der Waals surface area contributed by atoms with Gasteiger partial charge in [-0.3, -0.25) is 0 Å². The summed E-state index contributed by atoms with van der Waals surface area (Å²) in [4.78, 5) is 0. The Labute approximate surface area is 421 Å². The molecule has 4 aromatic heterocycles. The van der Waals surface area contributed by atoms with Crippen molar-refractivity contribution >= 4 is 96.9 Å². The van der Waals surface area contributed by atoms with Gasteiger partial charge in [-0.05, 0) is 152 Å². The van der Waals surface area contributed by atoms with E-state index in [9.17, 15) is 0 Å². The Kier molecular flexibility index (Phi) is 9.27. The van der Waals surface area contributed by atoms with Crippen LogP contribution >= 0.6 is 22.7 Å². The van der Waals surface area contributed by atoms with Crippen LogP contribution in [0.25, 0.3) is 141 Å². The van der Waals surface area contributed by atoms with Gasteiger partial charge in [0.25, 0.3) is 0 Å². The lowest BCUT2D eigenvalue weighted by molar-refractivity contribution is 0.653. The molecule has 4 heterocycles. The molecule has 0 radical (unpaired) electrons. The first kappa shape index (κ1) is 40.9. The molecule has 0 amide bonds. The SMILES string of the molecule is c1ccc(-c2cc(-c3ccccc3)cc(-c3ccc4c(c3)oc3c5sc6ccccc6n6c7ccc(-c8cc(-c9ccccc9)cc(-c9ccccc9)c8)cc7oc(c7sc8ccccc8n4c37)c56)c2)cc1. The van der Waals surface area contributed by atoms with Crippen LogP contribution in [-0.4, -0.2) is 8.80 Å². The first-order valence-electron chi connectivity index (χ1n) is 24.2. The molecule has 15 aromatic rings. The molecule has 0 aliphatic heterocycles. The third kappa shape index (κ3) is 6.57. The zero-order chi connectivity index (χ0) is 47.3. The van der Waals surface area contributed by atoms with Gasteiger partial charge < -0.3 is 17.6 Å². The number of nitrogens with zero attached hydrogens (tertiary/aromatic N) is 2. The van der Waals surface area contributed by atoms with Crippen molar-refractivity contribution in [1.82, 2.24) is 8.80 Å². The molecule has 338 valence electrons. The maximum atomic E-state index is 7.42. The summed E-state index contributed by atoms with van der Waals surface area (Å²) in [5, 5.41) is 0. The lowest BCUT2D eigenvalue weighted by atomic mass is 9.93. The van der Waals surface area contributed by atoms with E-state index in [1.165, 1.54) is 44.5 Å². The molecule has 15 rings (SSSR count). The highest BCUT2D eigenvalue weighted by Crippen LogP contribution is 2.47. The van der Waals surface area contributed by atoms with Gasteiger partial charge in [0.15, 0.2) is 22.3 Å². The molecule has 4 nitrogen and oxygen atoms in total. The van der Waals surface area contributed by atoms with Crippen LogP contribution in [0.15, 0.2) is 251 Å². The third-order valence-corrected chi connectivity index (χ3v) is 16.4. The van der Waals surface area contributed by atoms with Crippen LogP contribution in [0.4, 0.5) is 0 Å². The predicted molar refractivity (Wildman–Crippen MR) is 304 cm³/mol. The first-order valence-corrected chi connectivity index (χ1v) is 25.8. The second-order valence-corrected chi connectivity index (χ2v) is 20.6. The van der Waals surface area contributed by atoms with E-state index in [1.807, 2.05) is 0 Å². The van der Waals surface area contributed by atoms with Gasteiger partial charge in [0.2, 0.25) is 0 Å². The highest BCUT2D eigenvalue weighted by molar-refractivity contribution is 7.27. The Morgan fingerprint density at radius 2 is 0.556 bits per heavy atom. The average molecular weight is 957 g/mol. The molecule has 6 heteroatoms. The molecule has 0 saturated carbocycles. The quantitative estimate of drug-likeness (QED) is 0.123. The molecular formula is C66H40N2O2S2. The first-order chi connectivity index (χ1) is 35.7. The molecule has 0 atom stereocenters. The highest BCUT2D eigenvalue weighted by atomic mass is 32.1. The van der Waals surface area contributed by atoms with Crippen molar-refractivity contribution in [1.29, 1.82) is 0 Å². The molecule has 0 spiro atoms. The summed E-state index contributed by atoms with van der Waals surface area (Å²) in [5.74, 6) is 0. The summed E-state index contributed by atoms with van der Waals surface area (Å²) < 4.78 is 24.0. The van der Waals surface area contributed by atoms with Crippen LogP contribution in [0.3, 0.4) is 0 Å². The number of aromatic nitrogens is 2. The molecule has 0 aliphatic rings. The summed E-state index contributed by atoms with van der Waals surface area (Å²) in [6, 6.07) is 87.2. The lowest BCUT2D eigenvalue weighted by Crippen LogP contribution is -2.01. The number of benzene rings is 11. The Bertz CT molecular complexity index is 4250. The van der Waals surface area contributed by atoms with Gasteiger partial charge in [-0.15, -0.1) is 22.7 Å². The van der Waals surface area contributed by atoms with Crippen LogP contribution in [0.1, 0.15) is 0 Å². The monoisotopic (exact) mass is 956 g/mol. The molecule has 11 aromatic carbocycles. The zero-order valence-electron chi connectivity index (χ0n) is 38.6. The van der Waals surface area contributed by atoms with Crippen molar-refractivity contribution in [3.63, 3.8) is 0 Å². The minimum absolute atomic E-state index is 0.801. The molecule has 0 saturated heterocycles. The van der Waals surface area contributed by atoms with Gasteiger partial charge >= 0.3 is 0 Å². The molecule has 0 bridgehead atoms. The number of rotatable bonds is 6. The predicted octanol–water partition coefficient (Wildman–Crippen LogP) is 19.5. The molecule has 72 heavy (non-hydrogen) atoms. The van der Waals surface area contributed by atoms with Gasteiger partial charge in [0.05, 0.1) is 31.5 Å². The Morgan fingerprint density at radius 1 is 0.250 bits per heavy atom.